The molecule has 0 aliphatic carbocycles. The number of anilines is 1. The topological polar surface area (TPSA) is 62.0 Å². The fraction of sp³-hybridized carbons (Fsp3) is 0. The highest BCUT2D eigenvalue weighted by atomic mass is 127. The second-order valence-electron chi connectivity index (χ2n) is 4.97. The van der Waals surface area contributed by atoms with Crippen LogP contribution in [0.5, 0.6) is 0 Å². The van der Waals surface area contributed by atoms with Crippen molar-refractivity contribution in [3.05, 3.63) is 71.9 Å². The Morgan fingerprint density at radius 2 is 1.91 bits per heavy atom. The van der Waals surface area contributed by atoms with E-state index in [1.165, 1.54) is 6.08 Å². The lowest BCUT2D eigenvalue weighted by Gasteiger charge is -2.03. The van der Waals surface area contributed by atoms with Crippen molar-refractivity contribution in [2.24, 2.45) is 0 Å². The lowest BCUT2D eigenvalue weighted by Crippen LogP contribution is -2.08. The minimum absolute atomic E-state index is 0.0620. The minimum Gasteiger partial charge on any atom is -0.361 e. The number of para-hydroxylation sites is 1. The van der Waals surface area contributed by atoms with Gasteiger partial charge in [0, 0.05) is 57.0 Å². The van der Waals surface area contributed by atoms with Crippen LogP contribution in [0.1, 0.15) is 15.9 Å². The molecule has 5 heteroatoms. The van der Waals surface area contributed by atoms with Crippen molar-refractivity contribution in [3.63, 3.8) is 0 Å². The van der Waals surface area contributed by atoms with E-state index < -0.39 is 0 Å². The molecule has 3 aromatic rings. The van der Waals surface area contributed by atoms with Gasteiger partial charge in [-0.1, -0.05) is 30.3 Å². The van der Waals surface area contributed by atoms with Gasteiger partial charge in [-0.15, -0.1) is 0 Å². The van der Waals surface area contributed by atoms with Crippen LogP contribution in [0, 0.1) is 0 Å². The molecule has 0 radical (unpaired) electrons. The van der Waals surface area contributed by atoms with Gasteiger partial charge in [0.25, 0.3) is 0 Å². The number of hydrogen-bond acceptors (Lipinski definition) is 2. The van der Waals surface area contributed by atoms with Gasteiger partial charge >= 0.3 is 0 Å². The Morgan fingerprint density at radius 3 is 2.74 bits per heavy atom. The van der Waals surface area contributed by atoms with E-state index >= 15 is 0 Å². The molecule has 114 valence electrons. The van der Waals surface area contributed by atoms with Crippen LogP contribution in [0.4, 0.5) is 5.69 Å². The van der Waals surface area contributed by atoms with Crippen molar-refractivity contribution in [3.8, 4) is 0 Å². The van der Waals surface area contributed by atoms with Gasteiger partial charge in [0.2, 0.25) is 9.70 Å². The minimum atomic E-state index is -0.242. The fourth-order valence-corrected chi connectivity index (χ4v) is 2.64. The number of carbonyl (C=O) groups is 2. The largest absolute Gasteiger partial charge is 0.361 e. The van der Waals surface area contributed by atoms with Crippen molar-refractivity contribution in [2.45, 2.75) is 0 Å². The summed E-state index contributed by atoms with van der Waals surface area (Å²) in [6, 6.07) is 14.8. The molecule has 23 heavy (non-hydrogen) atoms. The average Bonchev–Trinajstić information content (AvgIpc) is 2.96. The summed E-state index contributed by atoms with van der Waals surface area (Å²) in [5.74, 6) is -0.242. The maximum absolute atomic E-state index is 12.0. The molecule has 1 aromatic heterocycles. The Balaban J connectivity index is 1.74. The van der Waals surface area contributed by atoms with Crippen LogP contribution in [0.3, 0.4) is 0 Å². The molecule has 1 heterocycles. The van der Waals surface area contributed by atoms with Crippen LogP contribution in [0.15, 0.2) is 60.8 Å². The molecule has 0 fully saturated rings. The highest BCUT2D eigenvalue weighted by molar-refractivity contribution is 14.1. The molecule has 0 atom stereocenters. The molecule has 0 aliphatic rings. The van der Waals surface area contributed by atoms with Gasteiger partial charge < -0.3 is 10.3 Å². The zero-order chi connectivity index (χ0) is 16.2. The number of halogens is 1. The number of aromatic nitrogens is 1. The molecule has 1 amide bonds. The second-order valence-corrected chi connectivity index (χ2v) is 5.95. The van der Waals surface area contributed by atoms with Gasteiger partial charge in [0.15, 0.2) is 0 Å². The van der Waals surface area contributed by atoms with Gasteiger partial charge in [0.05, 0.1) is 0 Å². The summed E-state index contributed by atoms with van der Waals surface area (Å²) in [5.41, 5.74) is 3.14. The molecule has 0 saturated carbocycles. The van der Waals surface area contributed by atoms with Gasteiger partial charge in [-0.25, -0.2) is 0 Å². The molecule has 2 aromatic carbocycles. The fourth-order valence-electron chi connectivity index (χ4n) is 2.30. The smallest absolute Gasteiger partial charge is 0.248 e. The van der Waals surface area contributed by atoms with Crippen LogP contribution in [0.2, 0.25) is 0 Å². The molecule has 0 aliphatic heterocycles. The summed E-state index contributed by atoms with van der Waals surface area (Å²) >= 11 is 1.72. The highest BCUT2D eigenvalue weighted by Gasteiger charge is 2.04. The standard InChI is InChI=1S/C18H13IN2O2/c19-18(23)12-4-3-5-14(10-12)21-17(22)9-8-13-11-20-16-7-2-1-6-15(13)16/h1-11,20H,(H,21,22)/b9-8+. The first kappa shape index (κ1) is 15.5. The number of aromatic amines is 1. The van der Waals surface area contributed by atoms with Crippen molar-refractivity contribution in [1.29, 1.82) is 0 Å². The van der Waals surface area contributed by atoms with E-state index in [-0.39, 0.29) is 9.70 Å². The van der Waals surface area contributed by atoms with E-state index in [0.29, 0.717) is 11.3 Å². The first-order valence-electron chi connectivity index (χ1n) is 6.98. The lowest BCUT2D eigenvalue weighted by atomic mass is 10.1. The summed E-state index contributed by atoms with van der Waals surface area (Å²) in [5, 5.41) is 3.82. The number of carbonyl (C=O) groups excluding carboxylic acids is 2. The van der Waals surface area contributed by atoms with Gasteiger partial charge in [-0.3, -0.25) is 9.59 Å². The Hall–Kier alpha value is -2.41. The van der Waals surface area contributed by atoms with E-state index in [9.17, 15) is 9.59 Å². The molecular formula is C18H13IN2O2. The maximum atomic E-state index is 12.0. The summed E-state index contributed by atoms with van der Waals surface area (Å²) in [6.07, 6.45) is 5.11. The van der Waals surface area contributed by atoms with E-state index in [1.807, 2.05) is 30.5 Å². The third kappa shape index (κ3) is 3.68. The molecule has 0 spiro atoms. The van der Waals surface area contributed by atoms with Crippen molar-refractivity contribution < 1.29 is 9.59 Å². The van der Waals surface area contributed by atoms with Gasteiger partial charge in [-0.2, -0.15) is 0 Å². The predicted molar refractivity (Wildman–Crippen MR) is 101 cm³/mol. The number of rotatable bonds is 4. The van der Waals surface area contributed by atoms with E-state index in [2.05, 4.69) is 10.3 Å². The van der Waals surface area contributed by atoms with Crippen LogP contribution < -0.4 is 5.32 Å². The second kappa shape index (κ2) is 6.78. The van der Waals surface area contributed by atoms with E-state index in [0.717, 1.165) is 16.5 Å². The summed E-state index contributed by atoms with van der Waals surface area (Å²) in [4.78, 5) is 26.5. The predicted octanol–water partition coefficient (Wildman–Crippen LogP) is 4.40. The molecule has 0 saturated heterocycles. The number of benzene rings is 2. The van der Waals surface area contributed by atoms with Crippen molar-refractivity contribution >= 4 is 55.0 Å². The first-order chi connectivity index (χ1) is 11.1. The normalized spacial score (nSPS) is 11.0. The summed E-state index contributed by atoms with van der Waals surface area (Å²) < 4.78 is -0.0620. The van der Waals surface area contributed by atoms with Crippen molar-refractivity contribution in [1.82, 2.24) is 4.98 Å². The first-order valence-corrected chi connectivity index (χ1v) is 8.06. The summed E-state index contributed by atoms with van der Waals surface area (Å²) in [7, 11) is 0. The Kier molecular flexibility index (Phi) is 4.57. The molecule has 0 unspecified atom stereocenters. The Bertz CT molecular complexity index is 912. The van der Waals surface area contributed by atoms with Crippen LogP contribution >= 0.6 is 22.6 Å². The monoisotopic (exact) mass is 416 g/mol. The maximum Gasteiger partial charge on any atom is 0.248 e. The zero-order valence-electron chi connectivity index (χ0n) is 12.0. The van der Waals surface area contributed by atoms with Gasteiger partial charge in [-0.05, 0) is 29.8 Å². The highest BCUT2D eigenvalue weighted by Crippen LogP contribution is 2.19. The quantitative estimate of drug-likeness (QED) is 0.377. The number of hydrogen-bond donors (Lipinski definition) is 2. The molecule has 4 nitrogen and oxygen atoms in total. The van der Waals surface area contributed by atoms with Gasteiger partial charge in [0.1, 0.15) is 0 Å². The number of H-pyrrole nitrogens is 1. The number of nitrogens with one attached hydrogen (secondary N) is 2. The molecule has 2 N–H and O–H groups in total. The molecular weight excluding hydrogens is 403 g/mol. The van der Waals surface area contributed by atoms with Crippen LogP contribution in [-0.2, 0) is 4.79 Å². The van der Waals surface area contributed by atoms with Crippen LogP contribution in [0.25, 0.3) is 17.0 Å². The van der Waals surface area contributed by atoms with Crippen LogP contribution in [-0.4, -0.2) is 14.7 Å². The Morgan fingerprint density at radius 1 is 1.09 bits per heavy atom. The van der Waals surface area contributed by atoms with Crippen molar-refractivity contribution in [2.75, 3.05) is 5.32 Å². The lowest BCUT2D eigenvalue weighted by molar-refractivity contribution is -0.111. The molecule has 0 bridgehead atoms. The average molecular weight is 416 g/mol. The van der Waals surface area contributed by atoms with E-state index in [4.69, 9.17) is 0 Å². The number of amides is 1. The Labute approximate surface area is 146 Å². The third-order valence-corrected chi connectivity index (χ3v) is 4.02. The third-order valence-electron chi connectivity index (χ3n) is 3.39. The zero-order valence-corrected chi connectivity index (χ0v) is 14.2. The number of fused-ring (bicyclic) bond motifs is 1. The SMILES string of the molecule is O=C(/C=C/c1c[nH]c2ccccc12)Nc1cccc(C(=O)I)c1. The molecule has 3 rings (SSSR count). The van der Waals surface area contributed by atoms with E-state index in [1.54, 1.807) is 52.9 Å². The summed E-state index contributed by atoms with van der Waals surface area (Å²) in [6.45, 7) is 0.